The summed E-state index contributed by atoms with van der Waals surface area (Å²) in [6, 6.07) is 0.0478. The van der Waals surface area contributed by atoms with E-state index in [1.165, 1.54) is 0 Å². The molecule has 2 unspecified atom stereocenters. The van der Waals surface area contributed by atoms with Crippen molar-refractivity contribution in [1.82, 2.24) is 4.90 Å². The summed E-state index contributed by atoms with van der Waals surface area (Å²) in [6.45, 7) is 3.23. The fourth-order valence-electron chi connectivity index (χ4n) is 3.78. The first-order valence-electron chi connectivity index (χ1n) is 7.91. The first-order valence-corrected chi connectivity index (χ1v) is 7.91. The maximum Gasteiger partial charge on any atom is 0.391 e. The number of piperidine rings is 1. The van der Waals surface area contributed by atoms with Crippen LogP contribution in [0.15, 0.2) is 0 Å². The van der Waals surface area contributed by atoms with Crippen LogP contribution in [0.2, 0.25) is 0 Å². The van der Waals surface area contributed by atoms with E-state index in [1.807, 2.05) is 4.90 Å². The highest BCUT2D eigenvalue weighted by Crippen LogP contribution is 2.40. The molecule has 0 spiro atoms. The Morgan fingerprint density at radius 3 is 2.33 bits per heavy atom. The van der Waals surface area contributed by atoms with E-state index < -0.39 is 12.1 Å². The first-order chi connectivity index (χ1) is 9.84. The molecule has 1 heterocycles. The summed E-state index contributed by atoms with van der Waals surface area (Å²) >= 11 is 0. The van der Waals surface area contributed by atoms with Gasteiger partial charge < -0.3 is 10.6 Å². The van der Waals surface area contributed by atoms with E-state index >= 15 is 0 Å². The number of hydrogen-bond donors (Lipinski definition) is 1. The van der Waals surface area contributed by atoms with Gasteiger partial charge >= 0.3 is 6.18 Å². The predicted molar refractivity (Wildman–Crippen MR) is 74.5 cm³/mol. The Bertz CT molecular complexity index is 364. The normalized spacial score (nSPS) is 34.8. The molecule has 2 atom stereocenters. The van der Waals surface area contributed by atoms with Gasteiger partial charge in [0.05, 0.1) is 5.92 Å². The van der Waals surface area contributed by atoms with Gasteiger partial charge in [-0.2, -0.15) is 13.2 Å². The molecule has 122 valence electrons. The summed E-state index contributed by atoms with van der Waals surface area (Å²) in [7, 11) is 0. The number of carbonyl (C=O) groups is 1. The fraction of sp³-hybridized carbons (Fsp3) is 0.933. The SMILES string of the molecule is CC1CCCN(C(=O)C2CCC(C(F)(F)F)CC2)C1CN. The first kappa shape index (κ1) is 16.6. The molecule has 2 fully saturated rings. The molecule has 2 rings (SSSR count). The number of carbonyl (C=O) groups excluding carboxylic acids is 1. The van der Waals surface area contributed by atoms with Crippen molar-refractivity contribution in [3.63, 3.8) is 0 Å². The molecule has 0 aromatic carbocycles. The van der Waals surface area contributed by atoms with Gasteiger partial charge in [0.15, 0.2) is 0 Å². The van der Waals surface area contributed by atoms with Crippen LogP contribution in [0, 0.1) is 17.8 Å². The highest BCUT2D eigenvalue weighted by atomic mass is 19.4. The van der Waals surface area contributed by atoms with Crippen LogP contribution in [0.3, 0.4) is 0 Å². The summed E-state index contributed by atoms with van der Waals surface area (Å²) in [5, 5.41) is 0. The third-order valence-corrected chi connectivity index (χ3v) is 5.18. The topological polar surface area (TPSA) is 46.3 Å². The number of alkyl halides is 3. The number of nitrogens with two attached hydrogens (primary N) is 1. The van der Waals surface area contributed by atoms with Gasteiger partial charge in [0.25, 0.3) is 0 Å². The zero-order valence-corrected chi connectivity index (χ0v) is 12.5. The van der Waals surface area contributed by atoms with Crippen molar-refractivity contribution < 1.29 is 18.0 Å². The molecular weight excluding hydrogens is 281 g/mol. The molecule has 0 radical (unpaired) electrons. The van der Waals surface area contributed by atoms with Crippen LogP contribution in [0.4, 0.5) is 13.2 Å². The molecule has 1 saturated heterocycles. The quantitative estimate of drug-likeness (QED) is 0.852. The zero-order valence-electron chi connectivity index (χ0n) is 12.5. The van der Waals surface area contributed by atoms with Crippen molar-refractivity contribution >= 4 is 5.91 Å². The van der Waals surface area contributed by atoms with E-state index in [-0.39, 0.29) is 30.7 Å². The predicted octanol–water partition coefficient (Wildman–Crippen LogP) is 2.94. The standard InChI is InChI=1S/C15H25F3N2O/c1-10-3-2-8-20(13(10)9-19)14(21)11-4-6-12(7-5-11)15(16,17)18/h10-13H,2-9,19H2,1H3. The fourth-order valence-corrected chi connectivity index (χ4v) is 3.78. The van der Waals surface area contributed by atoms with Crippen molar-refractivity contribution in [1.29, 1.82) is 0 Å². The molecule has 0 aromatic rings. The lowest BCUT2D eigenvalue weighted by atomic mass is 9.80. The minimum atomic E-state index is -4.12. The van der Waals surface area contributed by atoms with Crippen LogP contribution in [-0.2, 0) is 4.79 Å². The number of amides is 1. The average Bonchev–Trinajstić information content (AvgIpc) is 2.45. The minimum absolute atomic E-state index is 0.0256. The van der Waals surface area contributed by atoms with Gasteiger partial charge in [0.2, 0.25) is 5.91 Å². The molecule has 0 aromatic heterocycles. The maximum absolute atomic E-state index is 12.7. The molecular formula is C15H25F3N2O. The largest absolute Gasteiger partial charge is 0.391 e. The van der Waals surface area contributed by atoms with E-state index in [0.29, 0.717) is 31.8 Å². The molecule has 2 N–H and O–H groups in total. The molecule has 1 amide bonds. The van der Waals surface area contributed by atoms with Crippen LogP contribution in [-0.4, -0.2) is 36.1 Å². The molecule has 1 aliphatic heterocycles. The Hall–Kier alpha value is -0.780. The van der Waals surface area contributed by atoms with Crippen LogP contribution in [0.1, 0.15) is 45.4 Å². The van der Waals surface area contributed by atoms with Crippen LogP contribution in [0.5, 0.6) is 0 Å². The number of hydrogen-bond acceptors (Lipinski definition) is 2. The minimum Gasteiger partial charge on any atom is -0.338 e. The molecule has 6 heteroatoms. The summed E-state index contributed by atoms with van der Waals surface area (Å²) in [5.74, 6) is -1.08. The Kier molecular flexibility index (Phi) is 5.17. The van der Waals surface area contributed by atoms with E-state index in [0.717, 1.165) is 12.8 Å². The Morgan fingerprint density at radius 1 is 1.19 bits per heavy atom. The van der Waals surface area contributed by atoms with Crippen molar-refractivity contribution in [3.05, 3.63) is 0 Å². The number of halogens is 3. The lowest BCUT2D eigenvalue weighted by molar-refractivity contribution is -0.185. The lowest BCUT2D eigenvalue weighted by Gasteiger charge is -2.42. The molecule has 2 aliphatic rings. The van der Waals surface area contributed by atoms with Gasteiger partial charge in [-0.1, -0.05) is 6.92 Å². The van der Waals surface area contributed by atoms with E-state index in [1.54, 1.807) is 0 Å². The van der Waals surface area contributed by atoms with Gasteiger partial charge in [0, 0.05) is 25.0 Å². The number of nitrogens with zero attached hydrogens (tertiary/aromatic N) is 1. The molecule has 3 nitrogen and oxygen atoms in total. The second-order valence-electron chi connectivity index (χ2n) is 6.54. The average molecular weight is 306 g/mol. The van der Waals surface area contributed by atoms with Gasteiger partial charge in [-0.05, 0) is 44.4 Å². The monoisotopic (exact) mass is 306 g/mol. The smallest absolute Gasteiger partial charge is 0.338 e. The second-order valence-corrected chi connectivity index (χ2v) is 6.54. The molecule has 0 bridgehead atoms. The summed E-state index contributed by atoms with van der Waals surface area (Å²) in [4.78, 5) is 14.5. The third kappa shape index (κ3) is 3.71. The number of likely N-dealkylation sites (tertiary alicyclic amines) is 1. The van der Waals surface area contributed by atoms with Gasteiger partial charge in [-0.25, -0.2) is 0 Å². The van der Waals surface area contributed by atoms with Gasteiger partial charge in [-0.3, -0.25) is 4.79 Å². The Balaban J connectivity index is 1.95. The zero-order chi connectivity index (χ0) is 15.6. The maximum atomic E-state index is 12.7. The molecule has 1 aliphatic carbocycles. The van der Waals surface area contributed by atoms with E-state index in [9.17, 15) is 18.0 Å². The van der Waals surface area contributed by atoms with Crippen LogP contribution < -0.4 is 5.73 Å². The van der Waals surface area contributed by atoms with E-state index in [2.05, 4.69) is 6.92 Å². The lowest BCUT2D eigenvalue weighted by Crippen LogP contribution is -2.53. The summed E-state index contributed by atoms with van der Waals surface area (Å²) < 4.78 is 38.0. The highest BCUT2D eigenvalue weighted by Gasteiger charge is 2.43. The van der Waals surface area contributed by atoms with Crippen LogP contribution in [0.25, 0.3) is 0 Å². The molecule has 1 saturated carbocycles. The number of rotatable bonds is 2. The van der Waals surface area contributed by atoms with Crippen molar-refractivity contribution in [2.24, 2.45) is 23.5 Å². The Morgan fingerprint density at radius 2 is 1.81 bits per heavy atom. The van der Waals surface area contributed by atoms with Crippen molar-refractivity contribution in [3.8, 4) is 0 Å². The van der Waals surface area contributed by atoms with Gasteiger partial charge in [-0.15, -0.1) is 0 Å². The van der Waals surface area contributed by atoms with E-state index in [4.69, 9.17) is 5.73 Å². The van der Waals surface area contributed by atoms with Crippen molar-refractivity contribution in [2.75, 3.05) is 13.1 Å². The van der Waals surface area contributed by atoms with Crippen molar-refractivity contribution in [2.45, 2.75) is 57.7 Å². The summed E-state index contributed by atoms with van der Waals surface area (Å²) in [6.07, 6.45) is -1.23. The highest BCUT2D eigenvalue weighted by molar-refractivity contribution is 5.79. The molecule has 21 heavy (non-hydrogen) atoms. The van der Waals surface area contributed by atoms with Gasteiger partial charge in [0.1, 0.15) is 0 Å². The summed E-state index contributed by atoms with van der Waals surface area (Å²) in [5.41, 5.74) is 5.79. The second kappa shape index (κ2) is 6.55. The van der Waals surface area contributed by atoms with Crippen LogP contribution >= 0.6 is 0 Å². The Labute approximate surface area is 124 Å². The third-order valence-electron chi connectivity index (χ3n) is 5.18.